The van der Waals surface area contributed by atoms with E-state index in [1.807, 2.05) is 37.3 Å². The number of halogens is 2. The van der Waals surface area contributed by atoms with Crippen LogP contribution in [0.5, 0.6) is 0 Å². The molecule has 2 atom stereocenters. The van der Waals surface area contributed by atoms with Crippen LogP contribution in [0.3, 0.4) is 0 Å². The molecule has 1 unspecified atom stereocenters. The van der Waals surface area contributed by atoms with Crippen molar-refractivity contribution in [3.63, 3.8) is 0 Å². The summed E-state index contributed by atoms with van der Waals surface area (Å²) in [5.41, 5.74) is 0.497. The topological polar surface area (TPSA) is 113 Å². The van der Waals surface area contributed by atoms with Crippen LogP contribution in [0.2, 0.25) is 5.02 Å². The zero-order chi connectivity index (χ0) is 29.1. The molecule has 218 valence electrons. The number of fused-ring (bicyclic) bond motifs is 1. The van der Waals surface area contributed by atoms with Gasteiger partial charge in [0.1, 0.15) is 11.6 Å². The Morgan fingerprint density at radius 3 is 2.41 bits per heavy atom. The Labute approximate surface area is 246 Å². The van der Waals surface area contributed by atoms with Crippen molar-refractivity contribution in [2.75, 3.05) is 18.1 Å². The number of carbonyl (C=O) groups is 1. The van der Waals surface area contributed by atoms with Crippen molar-refractivity contribution in [1.82, 2.24) is 14.9 Å². The molecule has 1 saturated carbocycles. The second-order valence-electron chi connectivity index (χ2n) is 10.9. The molecule has 3 aliphatic rings. The zero-order valence-corrected chi connectivity index (χ0v) is 24.3. The van der Waals surface area contributed by atoms with Gasteiger partial charge in [-0.3, -0.25) is 9.00 Å². The van der Waals surface area contributed by atoms with E-state index >= 15 is 4.39 Å². The summed E-state index contributed by atoms with van der Waals surface area (Å²) in [6.45, 7) is 1.86. The van der Waals surface area contributed by atoms with E-state index in [-0.39, 0.29) is 30.2 Å². The summed E-state index contributed by atoms with van der Waals surface area (Å²) in [6, 6.07) is 12.2. The lowest BCUT2D eigenvalue weighted by Gasteiger charge is -2.27. The van der Waals surface area contributed by atoms with Gasteiger partial charge in [-0.05, 0) is 73.9 Å². The number of benzene rings is 2. The molecule has 2 N–H and O–H groups in total. The molecule has 0 spiro atoms. The van der Waals surface area contributed by atoms with Crippen molar-refractivity contribution in [2.24, 2.45) is 5.92 Å². The van der Waals surface area contributed by atoms with Crippen LogP contribution < -0.4 is 0 Å². The third-order valence-corrected chi connectivity index (χ3v) is 9.24. The van der Waals surface area contributed by atoms with Crippen LogP contribution in [-0.4, -0.2) is 58.9 Å². The van der Waals surface area contributed by atoms with E-state index in [0.29, 0.717) is 48.6 Å². The fourth-order valence-corrected chi connectivity index (χ4v) is 6.45. The molecule has 1 aromatic heterocycles. The molecule has 6 rings (SSSR count). The number of aliphatic hydroxyl groups is 2. The second-order valence-corrected chi connectivity index (χ2v) is 13.0. The summed E-state index contributed by atoms with van der Waals surface area (Å²) >= 11 is 5.54. The summed E-state index contributed by atoms with van der Waals surface area (Å²) in [7, 11) is -0.874. The predicted molar refractivity (Wildman–Crippen MR) is 153 cm³/mol. The second kappa shape index (κ2) is 12.6. The number of amides is 1. The number of aryl methyl sites for hydroxylation is 1. The zero-order valence-electron chi connectivity index (χ0n) is 22.7. The monoisotopic (exact) mass is 601 g/mol. The van der Waals surface area contributed by atoms with Gasteiger partial charge >= 0.3 is 0 Å². The first-order valence-corrected chi connectivity index (χ1v) is 15.5. The Bertz CT molecular complexity index is 1400. The molecule has 1 amide bonds. The smallest absolute Gasteiger partial charge is 0.257 e. The Balaban J connectivity index is 0.000000423. The van der Waals surface area contributed by atoms with Crippen LogP contribution in [0.4, 0.5) is 4.39 Å². The summed E-state index contributed by atoms with van der Waals surface area (Å²) in [6.07, 6.45) is 3.67. The number of hydrogen-bond acceptors (Lipinski definition) is 7. The largest absolute Gasteiger partial charge is 0.388 e. The summed E-state index contributed by atoms with van der Waals surface area (Å²) in [5, 5.41) is 22.0. The lowest BCUT2D eigenvalue weighted by molar-refractivity contribution is -0.0817. The molecule has 2 aromatic carbocycles. The number of ether oxygens (including phenoxy) is 1. The van der Waals surface area contributed by atoms with E-state index in [9.17, 15) is 19.2 Å². The third kappa shape index (κ3) is 7.18. The highest BCUT2D eigenvalue weighted by atomic mass is 35.5. The fraction of sp³-hybridized carbons (Fsp3) is 0.433. The minimum Gasteiger partial charge on any atom is -0.388 e. The summed E-state index contributed by atoms with van der Waals surface area (Å²) < 4.78 is 33.0. The van der Waals surface area contributed by atoms with Gasteiger partial charge in [-0.15, -0.1) is 0 Å². The molecule has 1 aliphatic carbocycles. The highest BCUT2D eigenvalue weighted by Gasteiger charge is 2.46. The summed E-state index contributed by atoms with van der Waals surface area (Å²) in [4.78, 5) is 23.3. The first-order valence-electron chi connectivity index (χ1n) is 13.6. The number of carbonyl (C=O) groups excluding carboxylic acids is 1. The third-order valence-electron chi connectivity index (χ3n) is 7.61. The maximum absolute atomic E-state index is 15.5. The molecular formula is C30H33ClFN3O5S. The van der Waals surface area contributed by atoms with E-state index in [1.54, 1.807) is 12.4 Å². The van der Waals surface area contributed by atoms with Crippen LogP contribution in [0.1, 0.15) is 70.9 Å². The van der Waals surface area contributed by atoms with Crippen LogP contribution in [0.15, 0.2) is 54.9 Å². The minimum absolute atomic E-state index is 0.0152. The molecule has 1 saturated heterocycles. The van der Waals surface area contributed by atoms with E-state index in [0.717, 1.165) is 10.6 Å². The van der Waals surface area contributed by atoms with Crippen molar-refractivity contribution in [1.29, 1.82) is 0 Å². The van der Waals surface area contributed by atoms with Crippen molar-refractivity contribution in [3.05, 3.63) is 93.8 Å². The van der Waals surface area contributed by atoms with Crippen molar-refractivity contribution < 1.29 is 28.3 Å². The Hall–Kier alpha value is -2.76. The normalized spacial score (nSPS) is 23.4. The Morgan fingerprint density at radius 1 is 1.17 bits per heavy atom. The minimum atomic E-state index is -1.03. The van der Waals surface area contributed by atoms with E-state index in [2.05, 4.69) is 9.97 Å². The maximum atomic E-state index is 15.5. The summed E-state index contributed by atoms with van der Waals surface area (Å²) in [5.74, 6) is 0.194. The molecule has 2 aliphatic heterocycles. The molecule has 11 heteroatoms. The molecule has 0 radical (unpaired) electrons. The van der Waals surface area contributed by atoms with Crippen LogP contribution in [0.25, 0.3) is 0 Å². The number of aromatic nitrogens is 2. The number of hydrogen-bond donors (Lipinski definition) is 2. The molecule has 41 heavy (non-hydrogen) atoms. The fourth-order valence-electron chi connectivity index (χ4n) is 4.97. The van der Waals surface area contributed by atoms with Gasteiger partial charge in [0.25, 0.3) is 5.91 Å². The van der Waals surface area contributed by atoms with Gasteiger partial charge in [-0.25, -0.2) is 14.4 Å². The maximum Gasteiger partial charge on any atom is 0.257 e. The van der Waals surface area contributed by atoms with E-state index < -0.39 is 40.5 Å². The van der Waals surface area contributed by atoms with Gasteiger partial charge in [-0.2, -0.15) is 0 Å². The van der Waals surface area contributed by atoms with E-state index in [4.69, 9.17) is 16.3 Å². The first kappa shape index (κ1) is 29.7. The Kier molecular flexibility index (Phi) is 9.15. The highest BCUT2D eigenvalue weighted by molar-refractivity contribution is 7.85. The molecular weight excluding hydrogens is 569 g/mol. The SMILES string of the molecule is Cc1cnc(CN2C(=O)c3cc(C(O)C4CCS(=O)CC4)cc(F)c3[C@H]2OCC2(O)CC2)nc1.Clc1ccccc1. The van der Waals surface area contributed by atoms with Crippen LogP contribution in [0, 0.1) is 18.7 Å². The highest BCUT2D eigenvalue weighted by Crippen LogP contribution is 2.43. The van der Waals surface area contributed by atoms with E-state index in [1.165, 1.54) is 17.0 Å². The van der Waals surface area contributed by atoms with Gasteiger partial charge in [0.05, 0.1) is 30.4 Å². The Morgan fingerprint density at radius 2 is 1.83 bits per heavy atom. The van der Waals surface area contributed by atoms with Crippen molar-refractivity contribution in [2.45, 2.75) is 57.1 Å². The molecule has 3 aromatic rings. The predicted octanol–water partition coefficient (Wildman–Crippen LogP) is 4.65. The first-order chi connectivity index (χ1) is 19.6. The van der Waals surface area contributed by atoms with Gasteiger partial charge in [0, 0.05) is 45.3 Å². The van der Waals surface area contributed by atoms with Gasteiger partial charge < -0.3 is 19.8 Å². The van der Waals surface area contributed by atoms with Crippen LogP contribution in [-0.2, 0) is 22.1 Å². The lowest BCUT2D eigenvalue weighted by Crippen LogP contribution is -2.32. The lowest BCUT2D eigenvalue weighted by atomic mass is 9.89. The van der Waals surface area contributed by atoms with Crippen molar-refractivity contribution in [3.8, 4) is 0 Å². The van der Waals surface area contributed by atoms with Gasteiger partial charge in [0.15, 0.2) is 6.23 Å². The van der Waals surface area contributed by atoms with Gasteiger partial charge in [0.2, 0.25) is 0 Å². The molecule has 0 bridgehead atoms. The molecule has 3 heterocycles. The van der Waals surface area contributed by atoms with Crippen molar-refractivity contribution >= 4 is 28.3 Å². The van der Waals surface area contributed by atoms with Crippen LogP contribution >= 0.6 is 11.6 Å². The van der Waals surface area contributed by atoms with Gasteiger partial charge in [-0.1, -0.05) is 29.8 Å². The average molecular weight is 602 g/mol. The molecule has 2 fully saturated rings. The standard InChI is InChI=1S/C24H28FN3O5S.C6H5Cl/c1-14-10-26-19(27-11-14)12-28-22(30)17-8-16(21(29)15-2-6-34(32)7-3-15)9-18(25)20(17)23(28)33-13-24(31)4-5-24;7-6-4-2-1-3-5-6/h8-11,15,21,23,29,31H,2-7,12-13H2,1H3;1-5H/t15?,21?,23-,34?;/m1./s1. The average Bonchev–Trinajstić information content (AvgIpc) is 3.64. The molecule has 8 nitrogen and oxygen atoms in total. The quantitative estimate of drug-likeness (QED) is 0.405. The number of aliphatic hydroxyl groups excluding tert-OH is 1. The number of nitrogens with zero attached hydrogens (tertiary/aromatic N) is 3. The number of rotatable bonds is 7.